The predicted octanol–water partition coefficient (Wildman–Crippen LogP) is 3.94. The molecule has 0 fully saturated rings. The van der Waals surface area contributed by atoms with Crippen molar-refractivity contribution < 1.29 is 9.53 Å². The highest BCUT2D eigenvalue weighted by molar-refractivity contribution is 7.99. The number of aryl methyl sites for hydroxylation is 1. The Morgan fingerprint density at radius 3 is 2.46 bits per heavy atom. The van der Waals surface area contributed by atoms with Crippen molar-refractivity contribution in [2.45, 2.75) is 32.0 Å². The molecular formula is C21H24N4O2S. The fourth-order valence-electron chi connectivity index (χ4n) is 2.76. The molecule has 146 valence electrons. The summed E-state index contributed by atoms with van der Waals surface area (Å²) >= 11 is 1.40. The van der Waals surface area contributed by atoms with Crippen LogP contribution >= 0.6 is 11.8 Å². The standard InChI is InChI=1S/C21H24N4O2S/c1-4-25-19(13-16-7-11-18(27-3)12-8-16)23-24-21(25)28-14-20(26)22-17-9-5-15(2)6-10-17/h5-12H,4,13-14H2,1-3H3,(H,22,26). The number of hydrogen-bond donors (Lipinski definition) is 1. The smallest absolute Gasteiger partial charge is 0.234 e. The van der Waals surface area contributed by atoms with E-state index in [0.717, 1.165) is 40.1 Å². The van der Waals surface area contributed by atoms with Crippen LogP contribution in [0, 0.1) is 6.92 Å². The number of hydrogen-bond acceptors (Lipinski definition) is 5. The molecule has 1 amide bonds. The van der Waals surface area contributed by atoms with Crippen LogP contribution in [0.1, 0.15) is 23.9 Å². The minimum Gasteiger partial charge on any atom is -0.497 e. The van der Waals surface area contributed by atoms with Crippen LogP contribution in [0.5, 0.6) is 5.75 Å². The first kappa shape index (κ1) is 19.9. The first-order valence-corrected chi connectivity index (χ1v) is 10.1. The zero-order chi connectivity index (χ0) is 19.9. The molecule has 0 bridgehead atoms. The predicted molar refractivity (Wildman–Crippen MR) is 112 cm³/mol. The number of carbonyl (C=O) groups excluding carboxylic acids is 1. The first-order valence-electron chi connectivity index (χ1n) is 9.13. The summed E-state index contributed by atoms with van der Waals surface area (Å²) in [4.78, 5) is 12.2. The maximum atomic E-state index is 12.2. The average molecular weight is 397 g/mol. The van der Waals surface area contributed by atoms with Crippen molar-refractivity contribution >= 4 is 23.4 Å². The Kier molecular flexibility index (Phi) is 6.71. The van der Waals surface area contributed by atoms with Gasteiger partial charge in [0.25, 0.3) is 0 Å². The van der Waals surface area contributed by atoms with Crippen molar-refractivity contribution in [3.8, 4) is 5.75 Å². The number of thioether (sulfide) groups is 1. The third-order valence-corrected chi connectivity index (χ3v) is 5.27. The number of anilines is 1. The lowest BCUT2D eigenvalue weighted by Gasteiger charge is -2.08. The van der Waals surface area contributed by atoms with Crippen LogP contribution < -0.4 is 10.1 Å². The molecule has 0 aliphatic heterocycles. The molecule has 3 rings (SSSR count). The van der Waals surface area contributed by atoms with Crippen LogP contribution in [0.3, 0.4) is 0 Å². The minimum absolute atomic E-state index is 0.0591. The van der Waals surface area contributed by atoms with E-state index in [1.807, 2.05) is 60.0 Å². The first-order chi connectivity index (χ1) is 13.6. The molecule has 0 saturated heterocycles. The van der Waals surface area contributed by atoms with Gasteiger partial charge in [-0.1, -0.05) is 41.6 Å². The van der Waals surface area contributed by atoms with Crippen molar-refractivity contribution in [1.82, 2.24) is 14.8 Å². The SMILES string of the molecule is CCn1c(Cc2ccc(OC)cc2)nnc1SCC(=O)Nc1ccc(C)cc1. The Hall–Kier alpha value is -2.80. The molecule has 0 spiro atoms. The van der Waals surface area contributed by atoms with Gasteiger partial charge in [0, 0.05) is 18.7 Å². The lowest BCUT2D eigenvalue weighted by molar-refractivity contribution is -0.113. The Bertz CT molecular complexity index is 921. The van der Waals surface area contributed by atoms with Gasteiger partial charge in [-0.05, 0) is 43.7 Å². The van der Waals surface area contributed by atoms with E-state index in [-0.39, 0.29) is 11.7 Å². The molecule has 1 N–H and O–H groups in total. The van der Waals surface area contributed by atoms with Crippen molar-refractivity contribution in [2.24, 2.45) is 0 Å². The molecule has 0 atom stereocenters. The number of methoxy groups -OCH3 is 1. The summed E-state index contributed by atoms with van der Waals surface area (Å²) in [6.45, 7) is 4.82. The molecule has 0 saturated carbocycles. The normalized spacial score (nSPS) is 10.7. The summed E-state index contributed by atoms with van der Waals surface area (Å²) in [7, 11) is 1.65. The molecule has 0 aliphatic carbocycles. The molecule has 7 heteroatoms. The van der Waals surface area contributed by atoms with Crippen LogP contribution in [0.15, 0.2) is 53.7 Å². The van der Waals surface area contributed by atoms with Gasteiger partial charge in [0.15, 0.2) is 5.16 Å². The number of carbonyl (C=O) groups is 1. The quantitative estimate of drug-likeness (QED) is 0.584. The third kappa shape index (κ3) is 5.13. The number of amides is 1. The van der Waals surface area contributed by atoms with Gasteiger partial charge in [0.05, 0.1) is 12.9 Å². The van der Waals surface area contributed by atoms with Gasteiger partial charge in [0.2, 0.25) is 5.91 Å². The highest BCUT2D eigenvalue weighted by atomic mass is 32.2. The van der Waals surface area contributed by atoms with Gasteiger partial charge in [-0.2, -0.15) is 0 Å². The molecule has 1 aromatic heterocycles. The molecule has 0 aliphatic rings. The maximum absolute atomic E-state index is 12.2. The second-order valence-electron chi connectivity index (χ2n) is 6.37. The lowest BCUT2D eigenvalue weighted by atomic mass is 10.1. The molecule has 0 radical (unpaired) electrons. The average Bonchev–Trinajstić information content (AvgIpc) is 3.10. The topological polar surface area (TPSA) is 69.0 Å². The van der Waals surface area contributed by atoms with Crippen LogP contribution in [0.25, 0.3) is 0 Å². The number of nitrogens with zero attached hydrogens (tertiary/aromatic N) is 3. The van der Waals surface area contributed by atoms with Gasteiger partial charge in [0.1, 0.15) is 11.6 Å². The summed E-state index contributed by atoms with van der Waals surface area (Å²) in [6.07, 6.45) is 0.682. The highest BCUT2D eigenvalue weighted by Crippen LogP contribution is 2.20. The molecule has 6 nitrogen and oxygen atoms in total. The van der Waals surface area contributed by atoms with E-state index >= 15 is 0 Å². The Morgan fingerprint density at radius 2 is 1.82 bits per heavy atom. The van der Waals surface area contributed by atoms with E-state index in [0.29, 0.717) is 6.42 Å². The molecule has 1 heterocycles. The van der Waals surface area contributed by atoms with Crippen molar-refractivity contribution in [1.29, 1.82) is 0 Å². The number of benzene rings is 2. The second kappa shape index (κ2) is 9.41. The molecule has 28 heavy (non-hydrogen) atoms. The van der Waals surface area contributed by atoms with Crippen LogP contribution in [0.2, 0.25) is 0 Å². The second-order valence-corrected chi connectivity index (χ2v) is 7.31. The summed E-state index contributed by atoms with van der Waals surface area (Å²) < 4.78 is 7.25. The van der Waals surface area contributed by atoms with E-state index in [2.05, 4.69) is 22.4 Å². The fraction of sp³-hybridized carbons (Fsp3) is 0.286. The summed E-state index contributed by atoms with van der Waals surface area (Å²) in [5.41, 5.74) is 3.10. The van der Waals surface area contributed by atoms with Gasteiger partial charge < -0.3 is 14.6 Å². The number of nitrogens with one attached hydrogen (secondary N) is 1. The van der Waals surface area contributed by atoms with Gasteiger partial charge in [-0.25, -0.2) is 0 Å². The van der Waals surface area contributed by atoms with Gasteiger partial charge in [-0.3, -0.25) is 4.79 Å². The summed E-state index contributed by atoms with van der Waals surface area (Å²) in [5.74, 6) is 1.94. The molecule has 0 unspecified atom stereocenters. The maximum Gasteiger partial charge on any atom is 0.234 e. The van der Waals surface area contributed by atoms with Crippen LogP contribution in [-0.2, 0) is 17.8 Å². The van der Waals surface area contributed by atoms with Gasteiger partial charge >= 0.3 is 0 Å². The number of aromatic nitrogens is 3. The monoisotopic (exact) mass is 396 g/mol. The summed E-state index contributed by atoms with van der Waals surface area (Å²) in [6, 6.07) is 15.7. The third-order valence-electron chi connectivity index (χ3n) is 4.30. The Morgan fingerprint density at radius 1 is 1.11 bits per heavy atom. The Labute approximate surface area is 169 Å². The fourth-order valence-corrected chi connectivity index (χ4v) is 3.59. The van der Waals surface area contributed by atoms with Crippen molar-refractivity contribution in [3.05, 3.63) is 65.5 Å². The molecule has 3 aromatic rings. The van der Waals surface area contributed by atoms with E-state index in [4.69, 9.17) is 4.74 Å². The zero-order valence-electron chi connectivity index (χ0n) is 16.3. The van der Waals surface area contributed by atoms with E-state index in [1.165, 1.54) is 11.8 Å². The highest BCUT2D eigenvalue weighted by Gasteiger charge is 2.14. The molecular weight excluding hydrogens is 372 g/mol. The van der Waals surface area contributed by atoms with E-state index in [1.54, 1.807) is 7.11 Å². The zero-order valence-corrected chi connectivity index (χ0v) is 17.1. The van der Waals surface area contributed by atoms with Crippen molar-refractivity contribution in [3.63, 3.8) is 0 Å². The van der Waals surface area contributed by atoms with Crippen LogP contribution in [0.4, 0.5) is 5.69 Å². The largest absolute Gasteiger partial charge is 0.497 e. The molecule has 2 aromatic carbocycles. The van der Waals surface area contributed by atoms with Crippen LogP contribution in [-0.4, -0.2) is 33.5 Å². The minimum atomic E-state index is -0.0591. The van der Waals surface area contributed by atoms with Crippen molar-refractivity contribution in [2.75, 3.05) is 18.2 Å². The Balaban J connectivity index is 1.61. The number of ether oxygens (including phenoxy) is 1. The number of rotatable bonds is 8. The lowest BCUT2D eigenvalue weighted by Crippen LogP contribution is -2.14. The van der Waals surface area contributed by atoms with Gasteiger partial charge in [-0.15, -0.1) is 10.2 Å². The van der Waals surface area contributed by atoms with E-state index < -0.39 is 0 Å². The summed E-state index contributed by atoms with van der Waals surface area (Å²) in [5, 5.41) is 12.3. The van der Waals surface area contributed by atoms with E-state index in [9.17, 15) is 4.79 Å².